The average molecular weight is 237 g/mol. The molecule has 0 unspecified atom stereocenters. The number of carbonyl (C=O) groups excluding carboxylic acids is 1. The van der Waals surface area contributed by atoms with E-state index < -0.39 is 0 Å². The van der Waals surface area contributed by atoms with Gasteiger partial charge < -0.3 is 5.32 Å². The summed E-state index contributed by atoms with van der Waals surface area (Å²) in [5, 5.41) is 2.89. The lowest BCUT2D eigenvalue weighted by molar-refractivity contribution is -0.115. The van der Waals surface area contributed by atoms with Crippen molar-refractivity contribution < 1.29 is 4.79 Å². The van der Waals surface area contributed by atoms with Gasteiger partial charge in [-0.25, -0.2) is 0 Å². The van der Waals surface area contributed by atoms with Gasteiger partial charge in [0, 0.05) is 17.9 Å². The summed E-state index contributed by atoms with van der Waals surface area (Å²) in [5.41, 5.74) is 2.22. The van der Waals surface area contributed by atoms with Gasteiger partial charge in [-0.1, -0.05) is 25.5 Å². The summed E-state index contributed by atoms with van der Waals surface area (Å²) in [4.78, 5) is 11.5. The van der Waals surface area contributed by atoms with Gasteiger partial charge in [-0.05, 0) is 30.4 Å². The Morgan fingerprint density at radius 2 is 2.00 bits per heavy atom. The van der Waals surface area contributed by atoms with Crippen LogP contribution in [0.25, 0.3) is 0 Å². The predicted octanol–water partition coefficient (Wildman–Crippen LogP) is 3.33. The molecule has 0 saturated heterocycles. The average Bonchev–Trinajstić information content (AvgIpc) is 2.29. The van der Waals surface area contributed by atoms with Crippen molar-refractivity contribution in [2.24, 2.45) is 0 Å². The van der Waals surface area contributed by atoms with Crippen LogP contribution in [0.5, 0.6) is 0 Å². The van der Waals surface area contributed by atoms with E-state index in [1.807, 2.05) is 18.4 Å². The minimum Gasteiger partial charge on any atom is -0.326 e. The lowest BCUT2D eigenvalue weighted by atomic mass is 10.1. The Morgan fingerprint density at radius 1 is 1.31 bits per heavy atom. The van der Waals surface area contributed by atoms with Gasteiger partial charge in [0.2, 0.25) is 5.91 Å². The van der Waals surface area contributed by atoms with Gasteiger partial charge in [0.15, 0.2) is 0 Å². The van der Waals surface area contributed by atoms with Gasteiger partial charge in [0.1, 0.15) is 0 Å². The Hall–Kier alpha value is -0.960. The summed E-state index contributed by atoms with van der Waals surface area (Å²) in [6, 6.07) is 8.10. The standard InChI is InChI=1S/C13H19NOS/c1-3-4-11-5-7-12(8-6-11)14-13(15)9-10-16-2/h5-8H,3-4,9-10H2,1-2H3,(H,14,15). The first-order valence-corrected chi connectivity index (χ1v) is 7.03. The summed E-state index contributed by atoms with van der Waals surface area (Å²) < 4.78 is 0. The number of hydrogen-bond donors (Lipinski definition) is 1. The van der Waals surface area contributed by atoms with E-state index in [-0.39, 0.29) is 5.91 Å². The molecule has 0 saturated carbocycles. The van der Waals surface area contributed by atoms with Crippen molar-refractivity contribution in [3.05, 3.63) is 29.8 Å². The Bertz CT molecular complexity index is 321. The smallest absolute Gasteiger partial charge is 0.225 e. The summed E-state index contributed by atoms with van der Waals surface area (Å²) in [5.74, 6) is 0.970. The quantitative estimate of drug-likeness (QED) is 0.822. The van der Waals surface area contributed by atoms with Crippen LogP contribution in [0.4, 0.5) is 5.69 Å². The molecule has 0 aromatic heterocycles. The van der Waals surface area contributed by atoms with Gasteiger partial charge in [-0.3, -0.25) is 4.79 Å². The van der Waals surface area contributed by atoms with Gasteiger partial charge in [-0.15, -0.1) is 0 Å². The van der Waals surface area contributed by atoms with Gasteiger partial charge in [-0.2, -0.15) is 11.8 Å². The third-order valence-corrected chi connectivity index (χ3v) is 2.92. The van der Waals surface area contributed by atoms with E-state index in [0.717, 1.165) is 24.3 Å². The maximum atomic E-state index is 11.5. The Balaban J connectivity index is 2.45. The Labute approximate surface area is 102 Å². The number of hydrogen-bond acceptors (Lipinski definition) is 2. The molecule has 0 atom stereocenters. The molecule has 0 radical (unpaired) electrons. The van der Waals surface area contributed by atoms with Crippen LogP contribution in [0.3, 0.4) is 0 Å². The molecule has 1 aromatic carbocycles. The third-order valence-electron chi connectivity index (χ3n) is 2.31. The first-order chi connectivity index (χ1) is 7.76. The maximum Gasteiger partial charge on any atom is 0.225 e. The topological polar surface area (TPSA) is 29.1 Å². The normalized spacial score (nSPS) is 10.1. The van der Waals surface area contributed by atoms with Crippen molar-refractivity contribution in [1.29, 1.82) is 0 Å². The van der Waals surface area contributed by atoms with Crippen LogP contribution in [0, 0.1) is 0 Å². The first kappa shape index (κ1) is 13.1. The second kappa shape index (κ2) is 7.34. The summed E-state index contributed by atoms with van der Waals surface area (Å²) in [7, 11) is 0. The molecule has 0 heterocycles. The largest absolute Gasteiger partial charge is 0.326 e. The molecule has 0 aliphatic carbocycles. The van der Waals surface area contributed by atoms with E-state index in [1.165, 1.54) is 5.56 Å². The van der Waals surface area contributed by atoms with Gasteiger partial charge in [0.05, 0.1) is 0 Å². The molecule has 2 nitrogen and oxygen atoms in total. The molecule has 0 bridgehead atoms. The van der Waals surface area contributed by atoms with Crippen molar-refractivity contribution in [1.82, 2.24) is 0 Å². The van der Waals surface area contributed by atoms with E-state index in [9.17, 15) is 4.79 Å². The molecule has 1 N–H and O–H groups in total. The summed E-state index contributed by atoms with van der Waals surface area (Å²) in [6.45, 7) is 2.16. The zero-order chi connectivity index (χ0) is 11.8. The zero-order valence-corrected chi connectivity index (χ0v) is 10.8. The number of thioether (sulfide) groups is 1. The number of carbonyl (C=O) groups is 1. The molecule has 88 valence electrons. The predicted molar refractivity (Wildman–Crippen MR) is 72.1 cm³/mol. The van der Waals surface area contributed by atoms with Crippen molar-refractivity contribution in [3.63, 3.8) is 0 Å². The van der Waals surface area contributed by atoms with E-state index in [2.05, 4.69) is 24.4 Å². The zero-order valence-electron chi connectivity index (χ0n) is 9.95. The van der Waals surface area contributed by atoms with Crippen LogP contribution >= 0.6 is 11.8 Å². The fraction of sp³-hybridized carbons (Fsp3) is 0.462. The van der Waals surface area contributed by atoms with Crippen LogP contribution in [0.1, 0.15) is 25.3 Å². The molecule has 0 spiro atoms. The van der Waals surface area contributed by atoms with Crippen LogP contribution in [-0.2, 0) is 11.2 Å². The molecule has 1 rings (SSSR count). The van der Waals surface area contributed by atoms with Crippen molar-refractivity contribution in [3.8, 4) is 0 Å². The highest BCUT2D eigenvalue weighted by Crippen LogP contribution is 2.11. The number of anilines is 1. The first-order valence-electron chi connectivity index (χ1n) is 5.64. The van der Waals surface area contributed by atoms with Crippen LogP contribution in [-0.4, -0.2) is 17.9 Å². The summed E-state index contributed by atoms with van der Waals surface area (Å²) >= 11 is 1.69. The molecule has 16 heavy (non-hydrogen) atoms. The fourth-order valence-electron chi connectivity index (χ4n) is 1.46. The molecule has 1 amide bonds. The Kier molecular flexibility index (Phi) is 6.01. The van der Waals surface area contributed by atoms with Crippen LogP contribution in [0.2, 0.25) is 0 Å². The molecule has 3 heteroatoms. The van der Waals surface area contributed by atoms with Crippen molar-refractivity contribution in [2.75, 3.05) is 17.3 Å². The second-order valence-electron chi connectivity index (χ2n) is 3.74. The minimum absolute atomic E-state index is 0.0950. The molecule has 0 aliphatic rings. The van der Waals surface area contributed by atoms with Crippen LogP contribution in [0.15, 0.2) is 24.3 Å². The highest BCUT2D eigenvalue weighted by atomic mass is 32.2. The minimum atomic E-state index is 0.0950. The van der Waals surface area contributed by atoms with E-state index in [4.69, 9.17) is 0 Å². The molecule has 0 aliphatic heterocycles. The second-order valence-corrected chi connectivity index (χ2v) is 4.72. The monoisotopic (exact) mass is 237 g/mol. The maximum absolute atomic E-state index is 11.5. The third kappa shape index (κ3) is 4.71. The SMILES string of the molecule is CCCc1ccc(NC(=O)CCSC)cc1. The fourth-order valence-corrected chi connectivity index (χ4v) is 1.85. The van der Waals surface area contributed by atoms with E-state index in [0.29, 0.717) is 6.42 Å². The number of aryl methyl sites for hydroxylation is 1. The highest BCUT2D eigenvalue weighted by molar-refractivity contribution is 7.98. The van der Waals surface area contributed by atoms with E-state index in [1.54, 1.807) is 11.8 Å². The lowest BCUT2D eigenvalue weighted by Crippen LogP contribution is -2.11. The molecular formula is C13H19NOS. The molecular weight excluding hydrogens is 218 g/mol. The van der Waals surface area contributed by atoms with Crippen molar-refractivity contribution >= 4 is 23.4 Å². The molecule has 1 aromatic rings. The number of nitrogens with one attached hydrogen (secondary N) is 1. The van der Waals surface area contributed by atoms with Crippen molar-refractivity contribution in [2.45, 2.75) is 26.2 Å². The lowest BCUT2D eigenvalue weighted by Gasteiger charge is -2.05. The Morgan fingerprint density at radius 3 is 2.56 bits per heavy atom. The van der Waals surface area contributed by atoms with E-state index >= 15 is 0 Å². The van der Waals surface area contributed by atoms with Gasteiger partial charge in [0.25, 0.3) is 0 Å². The highest BCUT2D eigenvalue weighted by Gasteiger charge is 2.01. The molecule has 0 fully saturated rings. The number of rotatable bonds is 6. The number of amides is 1. The number of benzene rings is 1. The summed E-state index contributed by atoms with van der Waals surface area (Å²) in [6.07, 6.45) is 4.84. The van der Waals surface area contributed by atoms with Gasteiger partial charge >= 0.3 is 0 Å². The van der Waals surface area contributed by atoms with Crippen LogP contribution < -0.4 is 5.32 Å².